The second-order valence-electron chi connectivity index (χ2n) is 7.42. The van der Waals surface area contributed by atoms with Crippen LogP contribution < -0.4 is 5.32 Å². The highest BCUT2D eigenvalue weighted by atomic mass is 32.1. The highest BCUT2D eigenvalue weighted by molar-refractivity contribution is 7.11. The van der Waals surface area contributed by atoms with Gasteiger partial charge in [0, 0.05) is 34.4 Å². The molecule has 3 heteroatoms. The van der Waals surface area contributed by atoms with Crippen LogP contribution in [0.4, 0.5) is 0 Å². The highest BCUT2D eigenvalue weighted by Crippen LogP contribution is 2.26. The molecular formula is C17H30N2S. The summed E-state index contributed by atoms with van der Waals surface area (Å²) < 4.78 is 0. The number of likely N-dealkylation sites (tertiary alicyclic amines) is 1. The molecule has 1 aliphatic rings. The van der Waals surface area contributed by atoms with Gasteiger partial charge in [0.25, 0.3) is 0 Å². The van der Waals surface area contributed by atoms with E-state index < -0.39 is 0 Å². The second-order valence-corrected chi connectivity index (χ2v) is 8.67. The van der Waals surface area contributed by atoms with E-state index >= 15 is 0 Å². The standard InChI is InChI=1S/C17H30N2S/c1-13-8-9-19(14(2)10-13)12-16-7-6-15(20-16)11-18-17(3,4)5/h6-7,13-14,18H,8-12H2,1-5H3. The van der Waals surface area contributed by atoms with Crippen LogP contribution in [0.25, 0.3) is 0 Å². The second kappa shape index (κ2) is 6.59. The van der Waals surface area contributed by atoms with Gasteiger partial charge in [0.15, 0.2) is 0 Å². The molecule has 1 aromatic rings. The van der Waals surface area contributed by atoms with Gasteiger partial charge in [-0.25, -0.2) is 0 Å². The number of thiophene rings is 1. The monoisotopic (exact) mass is 294 g/mol. The number of nitrogens with one attached hydrogen (secondary N) is 1. The van der Waals surface area contributed by atoms with Gasteiger partial charge in [-0.1, -0.05) is 6.92 Å². The number of piperidine rings is 1. The molecule has 2 nitrogen and oxygen atoms in total. The first-order chi connectivity index (χ1) is 9.33. The summed E-state index contributed by atoms with van der Waals surface area (Å²) in [6.45, 7) is 14.8. The van der Waals surface area contributed by atoms with E-state index in [2.05, 4.69) is 57.0 Å². The Bertz CT molecular complexity index is 419. The zero-order chi connectivity index (χ0) is 14.8. The molecular weight excluding hydrogens is 264 g/mol. The van der Waals surface area contributed by atoms with E-state index in [4.69, 9.17) is 0 Å². The Morgan fingerprint density at radius 2 is 1.95 bits per heavy atom. The van der Waals surface area contributed by atoms with Crippen molar-refractivity contribution < 1.29 is 0 Å². The van der Waals surface area contributed by atoms with E-state index in [0.717, 1.165) is 25.0 Å². The zero-order valence-electron chi connectivity index (χ0n) is 13.7. The summed E-state index contributed by atoms with van der Waals surface area (Å²) >= 11 is 1.97. The topological polar surface area (TPSA) is 15.3 Å². The minimum atomic E-state index is 0.196. The first kappa shape index (κ1) is 16.0. The molecule has 0 saturated carbocycles. The van der Waals surface area contributed by atoms with E-state index in [9.17, 15) is 0 Å². The molecule has 0 amide bonds. The van der Waals surface area contributed by atoms with Gasteiger partial charge in [-0.3, -0.25) is 4.90 Å². The Kier molecular flexibility index (Phi) is 5.27. The molecule has 1 saturated heterocycles. The summed E-state index contributed by atoms with van der Waals surface area (Å²) in [5.74, 6) is 0.899. The van der Waals surface area contributed by atoms with Crippen molar-refractivity contribution in [1.29, 1.82) is 0 Å². The molecule has 1 aromatic heterocycles. The summed E-state index contributed by atoms with van der Waals surface area (Å²) in [7, 11) is 0. The fraction of sp³-hybridized carbons (Fsp3) is 0.765. The van der Waals surface area contributed by atoms with Crippen molar-refractivity contribution in [2.45, 2.75) is 72.1 Å². The quantitative estimate of drug-likeness (QED) is 0.892. The van der Waals surface area contributed by atoms with Gasteiger partial charge in [0.1, 0.15) is 0 Å². The lowest BCUT2D eigenvalue weighted by molar-refractivity contribution is 0.123. The SMILES string of the molecule is CC1CCN(Cc2ccc(CNC(C)(C)C)s2)C(C)C1. The van der Waals surface area contributed by atoms with Gasteiger partial charge in [-0.15, -0.1) is 11.3 Å². The Morgan fingerprint density at radius 3 is 2.60 bits per heavy atom. The maximum Gasteiger partial charge on any atom is 0.0330 e. The van der Waals surface area contributed by atoms with Gasteiger partial charge in [-0.05, 0) is 65.1 Å². The smallest absolute Gasteiger partial charge is 0.0330 e. The first-order valence-electron chi connectivity index (χ1n) is 7.90. The lowest BCUT2D eigenvalue weighted by Crippen LogP contribution is -2.39. The summed E-state index contributed by atoms with van der Waals surface area (Å²) in [5, 5.41) is 3.57. The summed E-state index contributed by atoms with van der Waals surface area (Å²) in [5.41, 5.74) is 0.196. The van der Waals surface area contributed by atoms with Crippen molar-refractivity contribution in [3.8, 4) is 0 Å². The molecule has 114 valence electrons. The summed E-state index contributed by atoms with van der Waals surface area (Å²) in [4.78, 5) is 5.61. The number of hydrogen-bond acceptors (Lipinski definition) is 3. The Labute approximate surface area is 128 Å². The van der Waals surface area contributed by atoms with Crippen LogP contribution in [0, 0.1) is 5.92 Å². The van der Waals surface area contributed by atoms with Gasteiger partial charge >= 0.3 is 0 Å². The van der Waals surface area contributed by atoms with Crippen molar-refractivity contribution in [3.05, 3.63) is 21.9 Å². The maximum atomic E-state index is 3.57. The Hall–Kier alpha value is -0.380. The molecule has 0 aromatic carbocycles. The van der Waals surface area contributed by atoms with Gasteiger partial charge < -0.3 is 5.32 Å². The normalized spacial score (nSPS) is 25.1. The maximum absolute atomic E-state index is 3.57. The Balaban J connectivity index is 1.86. The minimum absolute atomic E-state index is 0.196. The lowest BCUT2D eigenvalue weighted by atomic mass is 9.93. The molecule has 1 aliphatic heterocycles. The molecule has 20 heavy (non-hydrogen) atoms. The van der Waals surface area contributed by atoms with E-state index in [0.29, 0.717) is 0 Å². The van der Waals surface area contributed by atoms with E-state index in [-0.39, 0.29) is 5.54 Å². The van der Waals surface area contributed by atoms with Gasteiger partial charge in [-0.2, -0.15) is 0 Å². The van der Waals surface area contributed by atoms with E-state index in [1.54, 1.807) is 0 Å². The lowest BCUT2D eigenvalue weighted by Gasteiger charge is -2.36. The van der Waals surface area contributed by atoms with Gasteiger partial charge in [0.2, 0.25) is 0 Å². The van der Waals surface area contributed by atoms with E-state index in [1.807, 2.05) is 11.3 Å². The third-order valence-electron chi connectivity index (χ3n) is 4.15. The van der Waals surface area contributed by atoms with Crippen LogP contribution in [0.5, 0.6) is 0 Å². The van der Waals surface area contributed by atoms with Crippen LogP contribution in [0.1, 0.15) is 57.2 Å². The van der Waals surface area contributed by atoms with Crippen LogP contribution in [0.15, 0.2) is 12.1 Å². The fourth-order valence-corrected chi connectivity index (χ4v) is 3.83. The van der Waals surface area contributed by atoms with Gasteiger partial charge in [0.05, 0.1) is 0 Å². The molecule has 0 radical (unpaired) electrons. The number of rotatable bonds is 4. The number of hydrogen-bond donors (Lipinski definition) is 1. The van der Waals surface area contributed by atoms with Crippen molar-refractivity contribution in [2.75, 3.05) is 6.54 Å². The molecule has 0 spiro atoms. The fourth-order valence-electron chi connectivity index (χ4n) is 2.85. The average Bonchev–Trinajstić information content (AvgIpc) is 2.77. The third kappa shape index (κ3) is 4.87. The van der Waals surface area contributed by atoms with E-state index in [1.165, 1.54) is 29.1 Å². The minimum Gasteiger partial charge on any atom is -0.307 e. The Morgan fingerprint density at radius 1 is 1.25 bits per heavy atom. The third-order valence-corrected chi connectivity index (χ3v) is 5.22. The molecule has 1 N–H and O–H groups in total. The van der Waals surface area contributed by atoms with Crippen molar-refractivity contribution in [3.63, 3.8) is 0 Å². The van der Waals surface area contributed by atoms with Crippen LogP contribution in [-0.4, -0.2) is 23.0 Å². The first-order valence-corrected chi connectivity index (χ1v) is 8.72. The highest BCUT2D eigenvalue weighted by Gasteiger charge is 2.23. The summed E-state index contributed by atoms with van der Waals surface area (Å²) in [6, 6.07) is 5.34. The van der Waals surface area contributed by atoms with Crippen LogP contribution >= 0.6 is 11.3 Å². The predicted molar refractivity (Wildman–Crippen MR) is 89.2 cm³/mol. The molecule has 2 rings (SSSR count). The molecule has 2 unspecified atom stereocenters. The molecule has 1 fully saturated rings. The van der Waals surface area contributed by atoms with Crippen LogP contribution in [0.3, 0.4) is 0 Å². The largest absolute Gasteiger partial charge is 0.307 e. The van der Waals surface area contributed by atoms with Crippen LogP contribution in [0.2, 0.25) is 0 Å². The molecule has 2 heterocycles. The summed E-state index contributed by atoms with van der Waals surface area (Å²) in [6.07, 6.45) is 2.71. The molecule has 0 bridgehead atoms. The van der Waals surface area contributed by atoms with Crippen LogP contribution in [-0.2, 0) is 13.1 Å². The van der Waals surface area contributed by atoms with Crippen molar-refractivity contribution in [2.24, 2.45) is 5.92 Å². The number of nitrogens with zero attached hydrogens (tertiary/aromatic N) is 1. The predicted octanol–water partition coefficient (Wildman–Crippen LogP) is 4.26. The van der Waals surface area contributed by atoms with Crippen molar-refractivity contribution in [1.82, 2.24) is 10.2 Å². The average molecular weight is 295 g/mol. The molecule has 2 atom stereocenters. The molecule has 0 aliphatic carbocycles. The van der Waals surface area contributed by atoms with Crippen molar-refractivity contribution >= 4 is 11.3 Å². The zero-order valence-corrected chi connectivity index (χ0v) is 14.5.